The molecule has 0 saturated carbocycles. The molecule has 6 heteroatoms. The van der Waals surface area contributed by atoms with Gasteiger partial charge in [0.1, 0.15) is 11.8 Å². The van der Waals surface area contributed by atoms with E-state index in [-0.39, 0.29) is 12.1 Å². The number of imidazole rings is 1. The summed E-state index contributed by atoms with van der Waals surface area (Å²) >= 11 is 0. The Hall–Kier alpha value is -2.86. The van der Waals surface area contributed by atoms with Crippen LogP contribution in [0, 0.1) is 5.92 Å². The van der Waals surface area contributed by atoms with E-state index in [2.05, 4.69) is 59.4 Å². The van der Waals surface area contributed by atoms with Crippen molar-refractivity contribution in [1.82, 2.24) is 14.9 Å². The monoisotopic (exact) mass is 406 g/mol. The van der Waals surface area contributed by atoms with Crippen molar-refractivity contribution in [3.8, 4) is 0 Å². The second kappa shape index (κ2) is 9.30. The minimum Gasteiger partial charge on any atom is -0.374 e. The van der Waals surface area contributed by atoms with Gasteiger partial charge in [-0.15, -0.1) is 0 Å². The van der Waals surface area contributed by atoms with E-state index in [1.807, 2.05) is 18.2 Å². The van der Waals surface area contributed by atoms with Crippen LogP contribution in [0.2, 0.25) is 0 Å². The van der Waals surface area contributed by atoms with Gasteiger partial charge in [-0.1, -0.05) is 50.2 Å². The molecule has 0 aliphatic carbocycles. The Labute approximate surface area is 177 Å². The number of morpholine rings is 1. The second-order valence-electron chi connectivity index (χ2n) is 8.30. The molecular weight excluding hydrogens is 376 g/mol. The highest BCUT2D eigenvalue weighted by Gasteiger charge is 2.23. The van der Waals surface area contributed by atoms with Gasteiger partial charge in [-0.3, -0.25) is 4.57 Å². The van der Waals surface area contributed by atoms with Gasteiger partial charge in [0, 0.05) is 26.1 Å². The Morgan fingerprint density at radius 3 is 2.83 bits per heavy atom. The van der Waals surface area contributed by atoms with Crippen molar-refractivity contribution in [3.05, 3.63) is 60.4 Å². The molecule has 4 rings (SSSR count). The fraction of sp³-hybridized carbons (Fsp3) is 0.417. The number of aromatic nitrogens is 2. The van der Waals surface area contributed by atoms with Crippen molar-refractivity contribution in [1.29, 1.82) is 0 Å². The number of hydrogen-bond donors (Lipinski definition) is 1. The average Bonchev–Trinajstić information content (AvgIpc) is 3.19. The van der Waals surface area contributed by atoms with Crippen LogP contribution >= 0.6 is 0 Å². The largest absolute Gasteiger partial charge is 0.374 e. The second-order valence-corrected chi connectivity index (χ2v) is 8.30. The minimum absolute atomic E-state index is 0.126. The maximum atomic E-state index is 12.6. The first-order valence-electron chi connectivity index (χ1n) is 10.8. The van der Waals surface area contributed by atoms with Gasteiger partial charge in [-0.2, -0.15) is 0 Å². The zero-order valence-corrected chi connectivity index (χ0v) is 17.8. The molecule has 0 spiro atoms. The molecule has 1 aromatic heterocycles. The van der Waals surface area contributed by atoms with Gasteiger partial charge >= 0.3 is 6.03 Å². The van der Waals surface area contributed by atoms with Crippen LogP contribution in [-0.4, -0.2) is 47.9 Å². The normalized spacial score (nSPS) is 16.9. The molecule has 1 amide bonds. The first-order valence-corrected chi connectivity index (χ1v) is 10.8. The van der Waals surface area contributed by atoms with E-state index in [0.29, 0.717) is 19.1 Å². The van der Waals surface area contributed by atoms with Crippen molar-refractivity contribution in [2.24, 2.45) is 5.92 Å². The number of hydrogen-bond acceptors (Lipinski definition) is 4. The van der Waals surface area contributed by atoms with Gasteiger partial charge in [0.15, 0.2) is 0 Å². The molecule has 1 atom stereocenters. The smallest absolute Gasteiger partial charge is 0.327 e. The van der Waals surface area contributed by atoms with Crippen molar-refractivity contribution in [3.63, 3.8) is 0 Å². The predicted molar refractivity (Wildman–Crippen MR) is 120 cm³/mol. The fourth-order valence-electron chi connectivity index (χ4n) is 3.93. The average molecular weight is 407 g/mol. The lowest BCUT2D eigenvalue weighted by Gasteiger charge is -2.34. The van der Waals surface area contributed by atoms with E-state index < -0.39 is 0 Å². The van der Waals surface area contributed by atoms with Crippen LogP contribution in [0.15, 0.2) is 54.9 Å². The number of nitrogens with one attached hydrogen (secondary N) is 1. The fourth-order valence-corrected chi connectivity index (χ4v) is 3.93. The zero-order valence-electron chi connectivity index (χ0n) is 17.8. The lowest BCUT2D eigenvalue weighted by atomic mass is 10.1. The number of benzene rings is 2. The molecule has 2 heterocycles. The highest BCUT2D eigenvalue weighted by atomic mass is 16.5. The summed E-state index contributed by atoms with van der Waals surface area (Å²) in [5, 5.41) is 2.99. The van der Waals surface area contributed by atoms with Crippen molar-refractivity contribution in [2.75, 3.05) is 31.1 Å². The summed E-state index contributed by atoms with van der Waals surface area (Å²) in [5.41, 5.74) is 4.03. The van der Waals surface area contributed by atoms with E-state index in [0.717, 1.165) is 42.7 Å². The molecule has 1 N–H and O–H groups in total. The predicted octanol–water partition coefficient (Wildman–Crippen LogP) is 4.09. The maximum absolute atomic E-state index is 12.6. The summed E-state index contributed by atoms with van der Waals surface area (Å²) in [6.07, 6.45) is 3.61. The number of carbonyl (C=O) groups excluding carboxylic acids is 1. The Morgan fingerprint density at radius 1 is 1.20 bits per heavy atom. The summed E-state index contributed by atoms with van der Waals surface area (Å²) < 4.78 is 7.63. The molecule has 1 fully saturated rings. The molecule has 3 aromatic rings. The van der Waals surface area contributed by atoms with Crippen LogP contribution in [0.25, 0.3) is 11.0 Å². The number of anilines is 1. The lowest BCUT2D eigenvalue weighted by Crippen LogP contribution is -2.43. The molecule has 1 aliphatic rings. The molecule has 1 saturated heterocycles. The van der Waals surface area contributed by atoms with Crippen LogP contribution in [0.3, 0.4) is 0 Å². The number of ether oxygens (including phenoxy) is 1. The van der Waals surface area contributed by atoms with E-state index >= 15 is 0 Å². The van der Waals surface area contributed by atoms with Crippen molar-refractivity contribution < 1.29 is 9.53 Å². The number of rotatable bonds is 6. The first kappa shape index (κ1) is 20.4. The molecule has 0 radical (unpaired) electrons. The molecule has 158 valence electrons. The number of carbonyl (C=O) groups is 1. The van der Waals surface area contributed by atoms with Crippen LogP contribution in [0.5, 0.6) is 0 Å². The van der Waals surface area contributed by atoms with Crippen LogP contribution < -0.4 is 10.2 Å². The molecule has 6 nitrogen and oxygen atoms in total. The Bertz CT molecular complexity index is 983. The quantitative estimate of drug-likeness (QED) is 0.670. The Kier molecular flexibility index (Phi) is 6.33. The van der Waals surface area contributed by atoms with Crippen LogP contribution in [-0.2, 0) is 11.2 Å². The highest BCUT2D eigenvalue weighted by Crippen LogP contribution is 2.27. The van der Waals surface area contributed by atoms with Gasteiger partial charge < -0.3 is 15.0 Å². The third-order valence-electron chi connectivity index (χ3n) is 5.56. The number of fused-ring (bicyclic) bond motifs is 1. The summed E-state index contributed by atoms with van der Waals surface area (Å²) in [4.78, 5) is 19.5. The molecule has 0 bridgehead atoms. The number of nitrogens with zero attached hydrogens (tertiary/aromatic N) is 3. The number of para-hydroxylation sites is 1. The first-order chi connectivity index (χ1) is 14.6. The minimum atomic E-state index is -0.126. The van der Waals surface area contributed by atoms with Gasteiger partial charge in [0.25, 0.3) is 0 Å². The third kappa shape index (κ3) is 4.65. The summed E-state index contributed by atoms with van der Waals surface area (Å²) in [6, 6.07) is 16.4. The molecular formula is C24H30N4O2. The van der Waals surface area contributed by atoms with Crippen molar-refractivity contribution >= 4 is 22.8 Å². The molecule has 2 aromatic carbocycles. The molecule has 1 aliphatic heterocycles. The Morgan fingerprint density at radius 2 is 2.03 bits per heavy atom. The topological polar surface area (TPSA) is 59.4 Å². The zero-order chi connectivity index (χ0) is 20.9. The van der Waals surface area contributed by atoms with E-state index in [9.17, 15) is 4.79 Å². The highest BCUT2D eigenvalue weighted by molar-refractivity contribution is 5.95. The molecule has 30 heavy (non-hydrogen) atoms. The van der Waals surface area contributed by atoms with E-state index in [4.69, 9.17) is 4.74 Å². The van der Waals surface area contributed by atoms with Crippen molar-refractivity contribution in [2.45, 2.75) is 32.8 Å². The Balaban J connectivity index is 1.50. The standard InChI is InChI=1S/C24H30N4O2/c1-18(2)11-12-25-24(29)28-17-26-23-21(9-6-10-22(23)28)27-13-14-30-20(16-27)15-19-7-4-3-5-8-19/h3-10,17-18,20H,11-16H2,1-2H3,(H,25,29)/t20-/m0/s1. The van der Waals surface area contributed by atoms with E-state index in [1.165, 1.54) is 5.56 Å². The van der Waals surface area contributed by atoms with Gasteiger partial charge in [-0.05, 0) is 30.0 Å². The summed E-state index contributed by atoms with van der Waals surface area (Å²) in [7, 11) is 0. The van der Waals surface area contributed by atoms with Crippen LogP contribution in [0.4, 0.5) is 10.5 Å². The van der Waals surface area contributed by atoms with Crippen LogP contribution in [0.1, 0.15) is 25.8 Å². The maximum Gasteiger partial charge on any atom is 0.327 e. The lowest BCUT2D eigenvalue weighted by molar-refractivity contribution is 0.0411. The summed E-state index contributed by atoms with van der Waals surface area (Å²) in [5.74, 6) is 0.557. The summed E-state index contributed by atoms with van der Waals surface area (Å²) in [6.45, 7) is 7.28. The number of amides is 1. The van der Waals surface area contributed by atoms with Gasteiger partial charge in [0.05, 0.1) is 23.9 Å². The van der Waals surface area contributed by atoms with Gasteiger partial charge in [0.2, 0.25) is 0 Å². The van der Waals surface area contributed by atoms with Gasteiger partial charge in [-0.25, -0.2) is 9.78 Å². The SMILES string of the molecule is CC(C)CCNC(=O)n1cnc2c(N3CCO[C@@H](Cc4ccccc4)C3)cccc21. The van der Waals surface area contributed by atoms with E-state index in [1.54, 1.807) is 10.9 Å². The molecule has 0 unspecified atom stereocenters. The third-order valence-corrected chi connectivity index (χ3v) is 5.56.